The second kappa shape index (κ2) is 11.0. The molecule has 3 saturated heterocycles. The number of hydrogen-bond donors (Lipinski definition) is 2. The van der Waals surface area contributed by atoms with Gasteiger partial charge in [0.25, 0.3) is 5.91 Å². The number of benzene rings is 2. The van der Waals surface area contributed by atoms with Gasteiger partial charge < -0.3 is 20.2 Å². The maximum absolute atomic E-state index is 13.2. The van der Waals surface area contributed by atoms with Crippen molar-refractivity contribution in [2.75, 3.05) is 44.2 Å². The molecule has 0 radical (unpaired) electrons. The van der Waals surface area contributed by atoms with Crippen LogP contribution in [-0.2, 0) is 12.0 Å². The Morgan fingerprint density at radius 2 is 1.67 bits per heavy atom. The van der Waals surface area contributed by atoms with Crippen molar-refractivity contribution in [2.45, 2.75) is 44.1 Å². The number of aromatic nitrogens is 3. The molecule has 0 saturated carbocycles. The first-order valence-corrected chi connectivity index (χ1v) is 15.4. The molecule has 0 bridgehead atoms. The topological polar surface area (TPSA) is 86.0 Å². The van der Waals surface area contributed by atoms with Crippen molar-refractivity contribution in [1.82, 2.24) is 24.8 Å². The van der Waals surface area contributed by atoms with Crippen molar-refractivity contribution in [3.8, 4) is 0 Å². The maximum atomic E-state index is 13.2. The molecule has 3 aliphatic rings. The molecule has 4 aromatic rings. The van der Waals surface area contributed by atoms with Crippen molar-refractivity contribution in [3.05, 3.63) is 94.4 Å². The van der Waals surface area contributed by atoms with Crippen LogP contribution in [-0.4, -0.2) is 69.8 Å². The zero-order chi connectivity index (χ0) is 28.7. The molecule has 42 heavy (non-hydrogen) atoms. The lowest BCUT2D eigenvalue weighted by molar-refractivity contribution is 0.0118. The maximum Gasteiger partial charge on any atom is 0.253 e. The van der Waals surface area contributed by atoms with Gasteiger partial charge in [-0.2, -0.15) is 5.10 Å². The number of rotatable bonds is 5. The zero-order valence-corrected chi connectivity index (χ0v) is 24.6. The van der Waals surface area contributed by atoms with E-state index in [4.69, 9.17) is 21.7 Å². The minimum absolute atomic E-state index is 0.127. The summed E-state index contributed by atoms with van der Waals surface area (Å²) in [4.78, 5) is 22.4. The number of pyridine rings is 1. The second-order valence-corrected chi connectivity index (χ2v) is 12.7. The van der Waals surface area contributed by atoms with Crippen LogP contribution in [0, 0.1) is 5.41 Å². The summed E-state index contributed by atoms with van der Waals surface area (Å²) >= 11 is 6.05. The van der Waals surface area contributed by atoms with E-state index in [1.165, 1.54) is 6.42 Å². The normalized spacial score (nSPS) is 20.0. The van der Waals surface area contributed by atoms with Crippen LogP contribution in [0.3, 0.4) is 0 Å². The van der Waals surface area contributed by atoms with Gasteiger partial charge in [0.05, 0.1) is 11.3 Å². The lowest BCUT2D eigenvalue weighted by Crippen LogP contribution is -2.44. The highest BCUT2D eigenvalue weighted by atomic mass is 35.5. The second-order valence-electron chi connectivity index (χ2n) is 12.3. The molecule has 3 fully saturated rings. The SMILES string of the molecule is O=C(c1ccc(Cc2nc3c(N4CCC(O)(c5ccc(Cl)cc5)CC4)cccn3n2)cc1)N1CCC2(CCNC2)CC1. The van der Waals surface area contributed by atoms with Crippen LogP contribution in [0.15, 0.2) is 66.9 Å². The van der Waals surface area contributed by atoms with E-state index in [1.807, 2.05) is 70.2 Å². The number of carbonyl (C=O) groups is 1. The number of nitrogens with zero attached hydrogens (tertiary/aromatic N) is 5. The smallest absolute Gasteiger partial charge is 0.253 e. The molecule has 2 aromatic carbocycles. The van der Waals surface area contributed by atoms with Crippen molar-refractivity contribution in [3.63, 3.8) is 0 Å². The first-order chi connectivity index (χ1) is 20.4. The Balaban J connectivity index is 1.01. The summed E-state index contributed by atoms with van der Waals surface area (Å²) in [5.74, 6) is 0.866. The predicted molar refractivity (Wildman–Crippen MR) is 164 cm³/mol. The summed E-state index contributed by atoms with van der Waals surface area (Å²) in [5.41, 5.74) is 4.10. The molecule has 1 amide bonds. The van der Waals surface area contributed by atoms with E-state index in [2.05, 4.69) is 16.3 Å². The third kappa shape index (κ3) is 5.27. The molecule has 3 aliphatic heterocycles. The van der Waals surface area contributed by atoms with Crippen molar-refractivity contribution in [2.24, 2.45) is 5.41 Å². The number of hydrogen-bond acceptors (Lipinski definition) is 6. The van der Waals surface area contributed by atoms with E-state index in [0.29, 0.717) is 42.8 Å². The number of carbonyl (C=O) groups excluding carboxylic acids is 1. The van der Waals surface area contributed by atoms with E-state index >= 15 is 0 Å². The van der Waals surface area contributed by atoms with Crippen LogP contribution in [0.2, 0.25) is 5.02 Å². The van der Waals surface area contributed by atoms with Crippen molar-refractivity contribution in [1.29, 1.82) is 0 Å². The number of likely N-dealkylation sites (tertiary alicyclic amines) is 1. The largest absolute Gasteiger partial charge is 0.385 e. The highest BCUT2D eigenvalue weighted by Crippen LogP contribution is 2.38. The Labute approximate surface area is 251 Å². The molecule has 5 heterocycles. The number of fused-ring (bicyclic) bond motifs is 1. The first kappa shape index (κ1) is 27.4. The highest BCUT2D eigenvalue weighted by Gasteiger charge is 2.38. The lowest BCUT2D eigenvalue weighted by atomic mass is 9.78. The quantitative estimate of drug-likeness (QED) is 0.354. The van der Waals surface area contributed by atoms with Crippen LogP contribution in [0.5, 0.6) is 0 Å². The zero-order valence-electron chi connectivity index (χ0n) is 23.8. The van der Waals surface area contributed by atoms with Crippen LogP contribution in [0.1, 0.15) is 59.4 Å². The van der Waals surface area contributed by atoms with E-state index < -0.39 is 5.60 Å². The van der Waals surface area contributed by atoms with Gasteiger partial charge in [0.2, 0.25) is 0 Å². The molecule has 2 N–H and O–H groups in total. The summed E-state index contributed by atoms with van der Waals surface area (Å²) in [5, 5.41) is 20.2. The Kier molecular flexibility index (Phi) is 7.16. The van der Waals surface area contributed by atoms with Crippen LogP contribution in [0.4, 0.5) is 5.69 Å². The standard InChI is InChI=1S/C33H37ClN6O2/c34-27-9-7-26(8-10-27)33(42)14-20-38(21-15-33)28-2-1-17-40-30(28)36-29(37-40)22-24-3-5-25(6-4-24)31(41)39-18-12-32(13-19-39)11-16-35-23-32/h1-10,17,35,42H,11-16,18-23H2. The van der Waals surface area contributed by atoms with E-state index in [-0.39, 0.29) is 5.91 Å². The first-order valence-electron chi connectivity index (χ1n) is 15.1. The van der Waals surface area contributed by atoms with Crippen LogP contribution >= 0.6 is 11.6 Å². The summed E-state index contributed by atoms with van der Waals surface area (Å²) < 4.78 is 1.84. The molecule has 1 spiro atoms. The number of anilines is 1. The summed E-state index contributed by atoms with van der Waals surface area (Å²) in [6.45, 7) is 5.30. The van der Waals surface area contributed by atoms with Crippen molar-refractivity contribution < 1.29 is 9.90 Å². The summed E-state index contributed by atoms with van der Waals surface area (Å²) in [6, 6.07) is 19.5. The molecular weight excluding hydrogens is 548 g/mol. The number of halogens is 1. The molecule has 0 aliphatic carbocycles. The lowest BCUT2D eigenvalue weighted by Gasteiger charge is -2.39. The Morgan fingerprint density at radius 3 is 2.36 bits per heavy atom. The minimum Gasteiger partial charge on any atom is -0.385 e. The monoisotopic (exact) mass is 584 g/mol. The van der Waals surface area contributed by atoms with E-state index in [1.54, 1.807) is 0 Å². The van der Waals surface area contributed by atoms with Gasteiger partial charge in [-0.25, -0.2) is 9.50 Å². The van der Waals surface area contributed by atoms with Gasteiger partial charge in [0.1, 0.15) is 0 Å². The molecule has 218 valence electrons. The molecular formula is C33H37ClN6O2. The van der Waals surface area contributed by atoms with Crippen molar-refractivity contribution >= 4 is 28.8 Å². The minimum atomic E-state index is -0.859. The van der Waals surface area contributed by atoms with Gasteiger partial charge >= 0.3 is 0 Å². The van der Waals surface area contributed by atoms with Gasteiger partial charge in [-0.15, -0.1) is 0 Å². The number of piperidine rings is 2. The van der Waals surface area contributed by atoms with E-state index in [0.717, 1.165) is 72.9 Å². The third-order valence-electron chi connectivity index (χ3n) is 9.70. The number of aliphatic hydroxyl groups is 1. The van der Waals surface area contributed by atoms with Gasteiger partial charge in [-0.05, 0) is 91.6 Å². The van der Waals surface area contributed by atoms with Crippen LogP contribution < -0.4 is 10.2 Å². The fourth-order valence-electron chi connectivity index (χ4n) is 6.96. The van der Waals surface area contributed by atoms with E-state index in [9.17, 15) is 9.90 Å². The fourth-order valence-corrected chi connectivity index (χ4v) is 7.09. The summed E-state index contributed by atoms with van der Waals surface area (Å²) in [7, 11) is 0. The fraction of sp³-hybridized carbons (Fsp3) is 0.424. The van der Waals surface area contributed by atoms with Crippen LogP contribution in [0.25, 0.3) is 5.65 Å². The summed E-state index contributed by atoms with van der Waals surface area (Å²) in [6.07, 6.45) is 7.17. The molecule has 0 unspecified atom stereocenters. The Morgan fingerprint density at radius 1 is 0.929 bits per heavy atom. The average molecular weight is 585 g/mol. The van der Waals surface area contributed by atoms with Gasteiger partial charge in [-0.1, -0.05) is 35.9 Å². The number of amides is 1. The molecule has 2 aromatic heterocycles. The molecule has 8 nitrogen and oxygen atoms in total. The van der Waals surface area contributed by atoms with Gasteiger partial charge in [0.15, 0.2) is 11.5 Å². The predicted octanol–water partition coefficient (Wildman–Crippen LogP) is 4.68. The Bertz CT molecular complexity index is 1560. The van der Waals surface area contributed by atoms with Gasteiger partial charge in [-0.3, -0.25) is 4.79 Å². The third-order valence-corrected chi connectivity index (χ3v) is 9.96. The molecule has 9 heteroatoms. The van der Waals surface area contributed by atoms with Gasteiger partial charge in [0, 0.05) is 55.9 Å². The highest BCUT2D eigenvalue weighted by molar-refractivity contribution is 6.30. The molecule has 7 rings (SSSR count). The average Bonchev–Trinajstić information content (AvgIpc) is 3.65. The Hall–Kier alpha value is -3.46. The number of nitrogens with one attached hydrogen (secondary N) is 1. The molecule has 0 atom stereocenters.